The number of rotatable bonds is 3. The van der Waals surface area contributed by atoms with E-state index >= 15 is 0 Å². The van der Waals surface area contributed by atoms with Crippen molar-refractivity contribution >= 4 is 11.6 Å². The van der Waals surface area contributed by atoms with Crippen molar-refractivity contribution in [2.24, 2.45) is 0 Å². The minimum Gasteiger partial charge on any atom is -0.497 e. The molecule has 0 aliphatic carbocycles. The first-order valence-electron chi connectivity index (χ1n) is 6.89. The molecule has 0 aromatic heterocycles. The van der Waals surface area contributed by atoms with Crippen LogP contribution in [-0.4, -0.2) is 22.1 Å². The number of hydrogen-bond donors (Lipinski definition) is 1. The molecule has 0 radical (unpaired) electrons. The largest absolute Gasteiger partial charge is 0.497 e. The van der Waals surface area contributed by atoms with Crippen LogP contribution in [0.1, 0.15) is 23.3 Å². The van der Waals surface area contributed by atoms with Gasteiger partial charge in [-0.2, -0.15) is 0 Å². The monoisotopic (exact) mass is 335 g/mol. The second-order valence-corrected chi connectivity index (χ2v) is 5.80. The highest BCUT2D eigenvalue weighted by atomic mass is 35.5. The van der Waals surface area contributed by atoms with E-state index < -0.39 is 22.1 Å². The van der Waals surface area contributed by atoms with Gasteiger partial charge in [0.1, 0.15) is 11.5 Å². The quantitative estimate of drug-likeness (QED) is 0.403. The van der Waals surface area contributed by atoms with Crippen molar-refractivity contribution < 1.29 is 19.5 Å². The molecule has 0 bridgehead atoms. The van der Waals surface area contributed by atoms with E-state index in [0.717, 1.165) is 0 Å². The molecule has 0 unspecified atom stereocenters. The maximum absolute atomic E-state index is 11.6. The summed E-state index contributed by atoms with van der Waals surface area (Å²) < 4.78 is 10.8. The zero-order valence-electron chi connectivity index (χ0n) is 12.2. The number of aliphatic hydroxyl groups is 1. The Labute approximate surface area is 137 Å². The molecular formula is C16H14ClNO5. The number of alkyl halides is 1. The number of nitrogens with zero attached hydrogens (tertiary/aromatic N) is 1. The van der Waals surface area contributed by atoms with Crippen LogP contribution in [0.5, 0.6) is 11.5 Å². The zero-order chi connectivity index (χ0) is 16.6. The van der Waals surface area contributed by atoms with E-state index in [0.29, 0.717) is 22.6 Å². The highest BCUT2D eigenvalue weighted by molar-refractivity contribution is 6.23. The van der Waals surface area contributed by atoms with Crippen LogP contribution < -0.4 is 9.47 Å². The average Bonchev–Trinajstić information content (AvgIpc) is 2.58. The molecule has 1 aliphatic heterocycles. The first kappa shape index (κ1) is 15.6. The van der Waals surface area contributed by atoms with E-state index in [1.54, 1.807) is 48.5 Å². The van der Waals surface area contributed by atoms with E-state index in [1.807, 2.05) is 0 Å². The smallest absolute Gasteiger partial charge is 0.364 e. The Hall–Kier alpha value is -2.31. The van der Waals surface area contributed by atoms with Gasteiger partial charge in [0.15, 0.2) is 6.10 Å². The zero-order valence-corrected chi connectivity index (χ0v) is 12.9. The summed E-state index contributed by atoms with van der Waals surface area (Å²) in [4.78, 5) is 8.69. The molecule has 7 heteroatoms. The van der Waals surface area contributed by atoms with Gasteiger partial charge < -0.3 is 14.6 Å². The fourth-order valence-electron chi connectivity index (χ4n) is 2.66. The number of benzene rings is 2. The fourth-order valence-corrected chi connectivity index (χ4v) is 2.95. The predicted molar refractivity (Wildman–Crippen MR) is 83.3 cm³/mol. The van der Waals surface area contributed by atoms with Crippen molar-refractivity contribution in [1.29, 1.82) is 0 Å². The third-order valence-corrected chi connectivity index (χ3v) is 4.45. The Kier molecular flexibility index (Phi) is 3.87. The van der Waals surface area contributed by atoms with Gasteiger partial charge in [0.25, 0.3) is 0 Å². The molecule has 23 heavy (non-hydrogen) atoms. The first-order chi connectivity index (χ1) is 11.0. The number of aliphatic hydroxyl groups excluding tert-OH is 1. The molecule has 1 heterocycles. The third-order valence-electron chi connectivity index (χ3n) is 3.91. The Bertz CT molecular complexity index is 736. The van der Waals surface area contributed by atoms with Crippen LogP contribution in [0.2, 0.25) is 0 Å². The summed E-state index contributed by atoms with van der Waals surface area (Å²) in [6.45, 7) is 0. The van der Waals surface area contributed by atoms with E-state index in [1.165, 1.54) is 7.11 Å². The molecule has 1 aliphatic rings. The molecule has 0 spiro atoms. The molecule has 0 fully saturated rings. The molecule has 0 saturated heterocycles. The van der Waals surface area contributed by atoms with E-state index in [9.17, 15) is 15.2 Å². The van der Waals surface area contributed by atoms with Crippen molar-refractivity contribution in [3.8, 4) is 11.5 Å². The average molecular weight is 336 g/mol. The number of halogens is 1. The molecule has 3 atom stereocenters. The summed E-state index contributed by atoms with van der Waals surface area (Å²) in [5, 5.41) is 22.1. The lowest BCUT2D eigenvalue weighted by molar-refractivity contribution is -0.570. The van der Waals surface area contributed by atoms with Crippen molar-refractivity contribution in [3.63, 3.8) is 0 Å². The molecule has 0 saturated carbocycles. The Morgan fingerprint density at radius 2 is 1.91 bits per heavy atom. The van der Waals surface area contributed by atoms with Crippen molar-refractivity contribution in [2.45, 2.75) is 17.2 Å². The third kappa shape index (κ3) is 2.40. The number of methoxy groups -OCH3 is 1. The van der Waals surface area contributed by atoms with Gasteiger partial charge in [-0.3, -0.25) is 10.1 Å². The van der Waals surface area contributed by atoms with Crippen LogP contribution in [0.25, 0.3) is 0 Å². The summed E-state index contributed by atoms with van der Waals surface area (Å²) in [6, 6.07) is 13.2. The highest BCUT2D eigenvalue weighted by Crippen LogP contribution is 2.51. The number of ether oxygens (including phenoxy) is 2. The maximum Gasteiger partial charge on any atom is 0.364 e. The lowest BCUT2D eigenvalue weighted by Gasteiger charge is -2.37. The number of hydrogen-bond acceptors (Lipinski definition) is 5. The minimum atomic E-state index is -2.22. The number of nitro groups is 1. The lowest BCUT2D eigenvalue weighted by atomic mass is 9.89. The number of fused-ring (bicyclic) bond motifs is 1. The molecule has 0 amide bonds. The van der Waals surface area contributed by atoms with Crippen molar-refractivity contribution in [2.75, 3.05) is 7.11 Å². The van der Waals surface area contributed by atoms with Crippen LogP contribution in [0.4, 0.5) is 0 Å². The summed E-state index contributed by atoms with van der Waals surface area (Å²) in [7, 11) is 1.52. The summed E-state index contributed by atoms with van der Waals surface area (Å²) in [6.07, 6.45) is -2.65. The second-order valence-electron chi connectivity index (χ2n) is 5.20. The molecular weight excluding hydrogens is 322 g/mol. The van der Waals surface area contributed by atoms with Gasteiger partial charge in [-0.1, -0.05) is 30.3 Å². The van der Waals surface area contributed by atoms with Gasteiger partial charge in [-0.25, -0.2) is 0 Å². The molecule has 1 N–H and O–H groups in total. The molecule has 6 nitrogen and oxygen atoms in total. The van der Waals surface area contributed by atoms with Gasteiger partial charge >= 0.3 is 5.00 Å². The molecule has 3 rings (SSSR count). The summed E-state index contributed by atoms with van der Waals surface area (Å²) in [5.41, 5.74) is 0.773. The maximum atomic E-state index is 11.6. The first-order valence-corrected chi connectivity index (χ1v) is 7.27. The summed E-state index contributed by atoms with van der Waals surface area (Å²) >= 11 is 6.26. The van der Waals surface area contributed by atoms with E-state index in [-0.39, 0.29) is 0 Å². The normalized spacial score (nSPS) is 26.0. The Balaban J connectivity index is 2.11. The second kappa shape index (κ2) is 5.72. The van der Waals surface area contributed by atoms with Gasteiger partial charge in [-0.05, 0) is 29.8 Å². The van der Waals surface area contributed by atoms with E-state index in [2.05, 4.69) is 0 Å². The Morgan fingerprint density at radius 1 is 1.26 bits per heavy atom. The SMILES string of the molecule is COc1ccc([C@H]2Oc3ccccc3[C@@H](O)[C@]2(Cl)[N+](=O)[O-])cc1. The van der Waals surface area contributed by atoms with Crippen LogP contribution in [0, 0.1) is 10.1 Å². The fraction of sp³-hybridized carbons (Fsp3) is 0.250. The van der Waals surface area contributed by atoms with E-state index in [4.69, 9.17) is 21.1 Å². The minimum absolute atomic E-state index is 0.295. The number of para-hydroxylation sites is 1. The molecule has 2 aromatic carbocycles. The topological polar surface area (TPSA) is 81.8 Å². The van der Waals surface area contributed by atoms with Crippen LogP contribution in [-0.2, 0) is 0 Å². The lowest BCUT2D eigenvalue weighted by Crippen LogP contribution is -2.49. The van der Waals surface area contributed by atoms with Crippen molar-refractivity contribution in [3.05, 3.63) is 69.8 Å². The van der Waals surface area contributed by atoms with Gasteiger partial charge in [-0.15, -0.1) is 0 Å². The predicted octanol–water partition coefficient (Wildman–Crippen LogP) is 3.07. The van der Waals surface area contributed by atoms with Crippen LogP contribution in [0.15, 0.2) is 48.5 Å². The van der Waals surface area contributed by atoms with Gasteiger partial charge in [0.2, 0.25) is 6.10 Å². The van der Waals surface area contributed by atoms with Gasteiger partial charge in [0, 0.05) is 11.1 Å². The van der Waals surface area contributed by atoms with Crippen LogP contribution >= 0.6 is 11.6 Å². The standard InChI is InChI=1S/C16H14ClNO5/c1-22-11-8-6-10(7-9-11)15-16(17,18(20)21)14(19)12-4-2-3-5-13(12)23-15/h2-9,14-15,19H,1H3/t14-,15-,16+/m1/s1. The summed E-state index contributed by atoms with van der Waals surface area (Å²) in [5.74, 6) is 0.978. The van der Waals surface area contributed by atoms with Crippen molar-refractivity contribution in [1.82, 2.24) is 0 Å². The molecule has 120 valence electrons. The molecule has 2 aromatic rings. The highest BCUT2D eigenvalue weighted by Gasteiger charge is 2.61. The van der Waals surface area contributed by atoms with Crippen LogP contribution in [0.3, 0.4) is 0 Å². The Morgan fingerprint density at radius 3 is 2.52 bits per heavy atom. The van der Waals surface area contributed by atoms with Gasteiger partial charge in [0.05, 0.1) is 12.0 Å².